The third-order valence-electron chi connectivity index (χ3n) is 2.88. The van der Waals surface area contributed by atoms with E-state index >= 15 is 0 Å². The number of carbonyl (C=O) groups is 2. The van der Waals surface area contributed by atoms with Crippen LogP contribution >= 0.6 is 0 Å². The SMILES string of the molecule is Cc1cccc(OC(C)CNC(=O)N(C)CCC(=O)O)c1. The first-order valence-corrected chi connectivity index (χ1v) is 6.82. The number of hydrogen-bond acceptors (Lipinski definition) is 3. The molecule has 2 amide bonds. The van der Waals surface area contributed by atoms with Crippen molar-refractivity contribution in [2.75, 3.05) is 20.1 Å². The molecule has 0 saturated heterocycles. The van der Waals surface area contributed by atoms with Crippen LogP contribution in [0.4, 0.5) is 4.79 Å². The van der Waals surface area contributed by atoms with E-state index < -0.39 is 5.97 Å². The second kappa shape index (κ2) is 8.14. The molecule has 0 aliphatic carbocycles. The van der Waals surface area contributed by atoms with Crippen LogP contribution < -0.4 is 10.1 Å². The lowest BCUT2D eigenvalue weighted by atomic mass is 10.2. The van der Waals surface area contributed by atoms with E-state index in [2.05, 4.69) is 5.32 Å². The molecule has 1 rings (SSSR count). The highest BCUT2D eigenvalue weighted by molar-refractivity contribution is 5.75. The van der Waals surface area contributed by atoms with Crippen molar-refractivity contribution in [2.45, 2.75) is 26.4 Å². The molecule has 0 aromatic heterocycles. The van der Waals surface area contributed by atoms with Crippen molar-refractivity contribution >= 4 is 12.0 Å². The predicted octanol–water partition coefficient (Wildman–Crippen LogP) is 1.88. The number of aryl methyl sites for hydroxylation is 1. The molecule has 0 aliphatic rings. The van der Waals surface area contributed by atoms with Crippen molar-refractivity contribution < 1.29 is 19.4 Å². The van der Waals surface area contributed by atoms with Gasteiger partial charge in [0.2, 0.25) is 0 Å². The molecule has 1 aromatic rings. The van der Waals surface area contributed by atoms with Crippen LogP contribution in [0.5, 0.6) is 5.75 Å². The number of amides is 2. The maximum atomic E-state index is 11.7. The molecular weight excluding hydrogens is 272 g/mol. The van der Waals surface area contributed by atoms with Gasteiger partial charge in [-0.05, 0) is 31.5 Å². The van der Waals surface area contributed by atoms with Crippen LogP contribution in [0.25, 0.3) is 0 Å². The van der Waals surface area contributed by atoms with E-state index in [9.17, 15) is 9.59 Å². The highest BCUT2D eigenvalue weighted by Crippen LogP contribution is 2.13. The Morgan fingerprint density at radius 2 is 2.14 bits per heavy atom. The zero-order valence-electron chi connectivity index (χ0n) is 12.6. The molecule has 0 fully saturated rings. The zero-order valence-corrected chi connectivity index (χ0v) is 12.6. The summed E-state index contributed by atoms with van der Waals surface area (Å²) >= 11 is 0. The Kier molecular flexibility index (Phi) is 6.52. The fourth-order valence-corrected chi connectivity index (χ4v) is 1.69. The lowest BCUT2D eigenvalue weighted by Crippen LogP contribution is -2.42. The molecule has 1 aromatic carbocycles. The monoisotopic (exact) mass is 294 g/mol. The Morgan fingerprint density at radius 3 is 2.76 bits per heavy atom. The van der Waals surface area contributed by atoms with Gasteiger partial charge in [-0.1, -0.05) is 12.1 Å². The van der Waals surface area contributed by atoms with Gasteiger partial charge in [-0.15, -0.1) is 0 Å². The van der Waals surface area contributed by atoms with Gasteiger partial charge in [0.25, 0.3) is 0 Å². The normalized spacial score (nSPS) is 11.6. The van der Waals surface area contributed by atoms with E-state index in [1.165, 1.54) is 4.90 Å². The Hall–Kier alpha value is -2.24. The van der Waals surface area contributed by atoms with E-state index in [1.807, 2.05) is 38.1 Å². The molecule has 0 aliphatic heterocycles. The summed E-state index contributed by atoms with van der Waals surface area (Å²) in [5.74, 6) is -0.165. The number of carboxylic acids is 1. The Bertz CT molecular complexity index is 490. The number of carboxylic acid groups (broad SMARTS) is 1. The molecular formula is C15H22N2O4. The lowest BCUT2D eigenvalue weighted by Gasteiger charge is -2.20. The van der Waals surface area contributed by atoms with Crippen molar-refractivity contribution in [3.63, 3.8) is 0 Å². The molecule has 0 heterocycles. The van der Waals surface area contributed by atoms with Crippen LogP contribution in [0, 0.1) is 6.92 Å². The van der Waals surface area contributed by atoms with Crippen LogP contribution in [0.3, 0.4) is 0 Å². The molecule has 116 valence electrons. The number of ether oxygens (including phenoxy) is 1. The second-order valence-corrected chi connectivity index (χ2v) is 5.00. The average molecular weight is 294 g/mol. The summed E-state index contributed by atoms with van der Waals surface area (Å²) in [4.78, 5) is 23.5. The van der Waals surface area contributed by atoms with Gasteiger partial charge in [0, 0.05) is 13.6 Å². The van der Waals surface area contributed by atoms with Crippen LogP contribution in [0.2, 0.25) is 0 Å². The van der Waals surface area contributed by atoms with Gasteiger partial charge >= 0.3 is 12.0 Å². The van der Waals surface area contributed by atoms with Crippen LogP contribution in [-0.4, -0.2) is 48.2 Å². The van der Waals surface area contributed by atoms with E-state index in [-0.39, 0.29) is 25.1 Å². The van der Waals surface area contributed by atoms with Crippen LogP contribution in [0.15, 0.2) is 24.3 Å². The maximum absolute atomic E-state index is 11.7. The first-order valence-electron chi connectivity index (χ1n) is 6.82. The third-order valence-corrected chi connectivity index (χ3v) is 2.88. The molecule has 21 heavy (non-hydrogen) atoms. The summed E-state index contributed by atoms with van der Waals surface area (Å²) < 4.78 is 5.70. The standard InChI is InChI=1S/C15H22N2O4/c1-11-5-4-6-13(9-11)21-12(2)10-16-15(20)17(3)8-7-14(18)19/h4-6,9,12H,7-8,10H2,1-3H3,(H,16,20)(H,18,19). The molecule has 6 heteroatoms. The molecule has 0 spiro atoms. The van der Waals surface area contributed by atoms with Crippen LogP contribution in [0.1, 0.15) is 18.9 Å². The van der Waals surface area contributed by atoms with E-state index in [1.54, 1.807) is 7.05 Å². The average Bonchev–Trinajstić information content (AvgIpc) is 2.42. The van der Waals surface area contributed by atoms with Gasteiger partial charge < -0.3 is 20.1 Å². The zero-order chi connectivity index (χ0) is 15.8. The topological polar surface area (TPSA) is 78.9 Å². The third kappa shape index (κ3) is 6.65. The molecule has 0 saturated carbocycles. The first-order chi connectivity index (χ1) is 9.88. The minimum Gasteiger partial charge on any atom is -0.489 e. The number of rotatable bonds is 7. The van der Waals surface area contributed by atoms with Crippen molar-refractivity contribution in [1.29, 1.82) is 0 Å². The smallest absolute Gasteiger partial charge is 0.317 e. The van der Waals surface area contributed by atoms with Crippen molar-refractivity contribution in [1.82, 2.24) is 10.2 Å². The number of carbonyl (C=O) groups excluding carboxylic acids is 1. The fraction of sp³-hybridized carbons (Fsp3) is 0.467. The van der Waals surface area contributed by atoms with Crippen molar-refractivity contribution in [3.05, 3.63) is 29.8 Å². The predicted molar refractivity (Wildman–Crippen MR) is 79.6 cm³/mol. The van der Waals surface area contributed by atoms with E-state index in [0.29, 0.717) is 6.54 Å². The molecule has 0 bridgehead atoms. The molecule has 6 nitrogen and oxygen atoms in total. The number of aliphatic carboxylic acids is 1. The van der Waals surface area contributed by atoms with Gasteiger partial charge in [-0.25, -0.2) is 4.79 Å². The van der Waals surface area contributed by atoms with E-state index in [4.69, 9.17) is 9.84 Å². The van der Waals surface area contributed by atoms with E-state index in [0.717, 1.165) is 11.3 Å². The molecule has 1 atom stereocenters. The first kappa shape index (κ1) is 16.8. The largest absolute Gasteiger partial charge is 0.489 e. The van der Waals surface area contributed by atoms with Crippen molar-refractivity contribution in [3.8, 4) is 5.75 Å². The molecule has 2 N–H and O–H groups in total. The van der Waals surface area contributed by atoms with Gasteiger partial charge in [-0.2, -0.15) is 0 Å². The number of nitrogens with one attached hydrogen (secondary N) is 1. The Labute approximate surface area is 124 Å². The maximum Gasteiger partial charge on any atom is 0.317 e. The summed E-state index contributed by atoms with van der Waals surface area (Å²) in [6, 6.07) is 7.38. The molecule has 1 unspecified atom stereocenters. The van der Waals surface area contributed by atoms with Crippen LogP contribution in [-0.2, 0) is 4.79 Å². The Balaban J connectivity index is 2.33. The molecule has 0 radical (unpaired) electrons. The van der Waals surface area contributed by atoms with Crippen molar-refractivity contribution in [2.24, 2.45) is 0 Å². The quantitative estimate of drug-likeness (QED) is 0.804. The van der Waals surface area contributed by atoms with Gasteiger partial charge in [0.05, 0.1) is 13.0 Å². The lowest BCUT2D eigenvalue weighted by molar-refractivity contribution is -0.137. The summed E-state index contributed by atoms with van der Waals surface area (Å²) in [6.07, 6.45) is -0.247. The summed E-state index contributed by atoms with van der Waals surface area (Å²) in [5.41, 5.74) is 1.11. The number of benzene rings is 1. The number of hydrogen-bond donors (Lipinski definition) is 2. The number of urea groups is 1. The summed E-state index contributed by atoms with van der Waals surface area (Å²) in [6.45, 7) is 4.37. The Morgan fingerprint density at radius 1 is 1.43 bits per heavy atom. The number of nitrogens with zero attached hydrogens (tertiary/aromatic N) is 1. The summed E-state index contributed by atoms with van der Waals surface area (Å²) in [5, 5.41) is 11.3. The van der Waals surface area contributed by atoms with Gasteiger partial charge in [0.15, 0.2) is 0 Å². The highest BCUT2D eigenvalue weighted by Gasteiger charge is 2.12. The minimum absolute atomic E-state index is 0.0702. The second-order valence-electron chi connectivity index (χ2n) is 5.00. The van der Waals surface area contributed by atoms with Gasteiger partial charge in [0.1, 0.15) is 11.9 Å². The fourth-order valence-electron chi connectivity index (χ4n) is 1.69. The minimum atomic E-state index is -0.925. The van der Waals surface area contributed by atoms with Gasteiger partial charge in [-0.3, -0.25) is 4.79 Å². The highest BCUT2D eigenvalue weighted by atomic mass is 16.5. The summed E-state index contributed by atoms with van der Waals surface area (Å²) in [7, 11) is 1.56.